The lowest BCUT2D eigenvalue weighted by Crippen LogP contribution is -2.38. The van der Waals surface area contributed by atoms with Crippen molar-refractivity contribution in [1.82, 2.24) is 4.57 Å². The highest BCUT2D eigenvalue weighted by atomic mass is 16.5. The Bertz CT molecular complexity index is 1680. The third-order valence-electron chi connectivity index (χ3n) is 9.22. The van der Waals surface area contributed by atoms with Crippen molar-refractivity contribution < 1.29 is 9.30 Å². The van der Waals surface area contributed by atoms with Gasteiger partial charge in [0.05, 0.1) is 19.3 Å². The van der Waals surface area contributed by atoms with Crippen molar-refractivity contribution in [1.29, 1.82) is 0 Å². The molecule has 5 aromatic rings. The molecule has 0 amide bonds. The number of benzene rings is 4. The van der Waals surface area contributed by atoms with Crippen molar-refractivity contribution in [2.45, 2.75) is 45.7 Å². The number of aromatic nitrogens is 2. The topological polar surface area (TPSA) is 21.3 Å². The summed E-state index contributed by atoms with van der Waals surface area (Å²) in [5, 5.41) is 0. The molecule has 1 aliphatic heterocycles. The lowest BCUT2D eigenvalue weighted by Gasteiger charge is -2.39. The van der Waals surface area contributed by atoms with Crippen LogP contribution < -0.4 is 14.2 Å². The monoisotopic (exact) mass is 528 g/mol. The van der Waals surface area contributed by atoms with Gasteiger partial charge in [0.1, 0.15) is 12.3 Å². The zero-order valence-electron chi connectivity index (χ0n) is 23.8. The van der Waals surface area contributed by atoms with E-state index in [4.69, 9.17) is 4.74 Å². The minimum Gasteiger partial charge on any atom is -0.495 e. The molecule has 1 aliphatic carbocycles. The van der Waals surface area contributed by atoms with E-state index in [-0.39, 0.29) is 0 Å². The van der Waals surface area contributed by atoms with E-state index in [0.29, 0.717) is 11.8 Å². The van der Waals surface area contributed by atoms with Crippen molar-refractivity contribution in [3.63, 3.8) is 0 Å². The molecule has 0 spiro atoms. The highest BCUT2D eigenvalue weighted by Crippen LogP contribution is 2.51. The molecule has 0 N–H and O–H groups in total. The Balaban J connectivity index is 1.16. The molecule has 1 aromatic heterocycles. The average molecular weight is 529 g/mol. The molecule has 40 heavy (non-hydrogen) atoms. The van der Waals surface area contributed by atoms with Gasteiger partial charge in [-0.15, -0.1) is 0 Å². The van der Waals surface area contributed by atoms with Gasteiger partial charge in [0.25, 0.3) is 5.82 Å². The number of rotatable bonds is 7. The Morgan fingerprint density at radius 1 is 0.825 bits per heavy atom. The second-order valence-corrected chi connectivity index (χ2v) is 11.6. The number of hydrogen-bond acceptors (Lipinski definition) is 2. The lowest BCUT2D eigenvalue weighted by molar-refractivity contribution is -0.669. The van der Waals surface area contributed by atoms with Gasteiger partial charge in [-0.05, 0) is 59.7 Å². The summed E-state index contributed by atoms with van der Waals surface area (Å²) in [5.41, 5.74) is 11.0. The van der Waals surface area contributed by atoms with Gasteiger partial charge in [0.15, 0.2) is 11.0 Å². The predicted octanol–water partition coefficient (Wildman–Crippen LogP) is 6.82. The normalized spacial score (nSPS) is 17.5. The van der Waals surface area contributed by atoms with Crippen LogP contribution >= 0.6 is 0 Å². The molecule has 0 saturated carbocycles. The van der Waals surface area contributed by atoms with Crippen LogP contribution in [0.2, 0.25) is 0 Å². The molecule has 4 aromatic carbocycles. The molecule has 2 aliphatic rings. The first-order chi connectivity index (χ1) is 19.6. The van der Waals surface area contributed by atoms with Crippen LogP contribution in [-0.4, -0.2) is 24.8 Å². The third-order valence-corrected chi connectivity index (χ3v) is 9.22. The van der Waals surface area contributed by atoms with Gasteiger partial charge in [-0.1, -0.05) is 78.4 Å². The Kier molecular flexibility index (Phi) is 6.34. The highest BCUT2D eigenvalue weighted by molar-refractivity contribution is 5.72. The molecule has 0 radical (unpaired) electrons. The maximum absolute atomic E-state index is 5.94. The first-order valence-corrected chi connectivity index (χ1v) is 14.6. The Hall–Kier alpha value is -4.05. The lowest BCUT2D eigenvalue weighted by atomic mass is 9.81. The summed E-state index contributed by atoms with van der Waals surface area (Å²) in [6.45, 7) is 8.38. The summed E-state index contributed by atoms with van der Waals surface area (Å²) < 4.78 is 10.9. The van der Waals surface area contributed by atoms with Gasteiger partial charge in [-0.3, -0.25) is 0 Å². The number of para-hydroxylation sites is 3. The van der Waals surface area contributed by atoms with E-state index >= 15 is 0 Å². The summed E-state index contributed by atoms with van der Waals surface area (Å²) in [6, 6.07) is 33.5. The van der Waals surface area contributed by atoms with Crippen LogP contribution in [0.5, 0.6) is 5.75 Å². The van der Waals surface area contributed by atoms with E-state index in [0.717, 1.165) is 44.8 Å². The van der Waals surface area contributed by atoms with E-state index in [2.05, 4.69) is 119 Å². The smallest absolute Gasteiger partial charge is 0.254 e. The van der Waals surface area contributed by atoms with Crippen molar-refractivity contribution in [3.05, 3.63) is 125 Å². The number of nitrogens with zero attached hydrogens (tertiary/aromatic N) is 3. The van der Waals surface area contributed by atoms with E-state index in [1.54, 1.807) is 0 Å². The van der Waals surface area contributed by atoms with Gasteiger partial charge >= 0.3 is 0 Å². The summed E-state index contributed by atoms with van der Waals surface area (Å²) in [7, 11) is 1.81. The average Bonchev–Trinajstić information content (AvgIpc) is 3.49. The van der Waals surface area contributed by atoms with Crippen LogP contribution in [0, 0.1) is 19.8 Å². The summed E-state index contributed by atoms with van der Waals surface area (Å²) in [6.07, 6.45) is 2.24. The molecule has 0 unspecified atom stereocenters. The Labute approximate surface area is 237 Å². The van der Waals surface area contributed by atoms with Crippen molar-refractivity contribution in [2.75, 3.05) is 25.1 Å². The maximum Gasteiger partial charge on any atom is 0.254 e. The second-order valence-electron chi connectivity index (χ2n) is 11.6. The number of hydrogen-bond donors (Lipinski definition) is 0. The Morgan fingerprint density at radius 3 is 2.45 bits per heavy atom. The molecule has 2 heterocycles. The molecule has 2 atom stereocenters. The van der Waals surface area contributed by atoms with Gasteiger partial charge in [0, 0.05) is 32.4 Å². The van der Waals surface area contributed by atoms with Gasteiger partial charge in [0.2, 0.25) is 0 Å². The van der Waals surface area contributed by atoms with Gasteiger partial charge in [-0.25, -0.2) is 9.13 Å². The standard InChI is InChI=1S/C36H38N3O/c1-25-16-18-27(19-17-25)23-39-26(2)38(32-13-6-7-14-33(32)39)21-9-20-37-24-29-22-28-10-4-5-11-30(28)35(29)31-12-8-15-34(40-3)36(31)37/h4-8,10-19,29,35H,9,20-24H2,1-3H3/q+1/t29-,35+/m0/s1. The molecular formula is C36H38N3O+. The summed E-state index contributed by atoms with van der Waals surface area (Å²) in [4.78, 5) is 2.61. The molecule has 7 rings (SSSR count). The van der Waals surface area contributed by atoms with E-state index in [1.807, 2.05) is 7.11 Å². The van der Waals surface area contributed by atoms with Crippen LogP contribution in [-0.2, 0) is 19.5 Å². The zero-order chi connectivity index (χ0) is 27.2. The number of imidazole rings is 1. The van der Waals surface area contributed by atoms with E-state index < -0.39 is 0 Å². The molecule has 202 valence electrons. The quantitative estimate of drug-likeness (QED) is 0.216. The predicted molar refractivity (Wildman–Crippen MR) is 162 cm³/mol. The Morgan fingerprint density at radius 2 is 1.60 bits per heavy atom. The molecule has 4 nitrogen and oxygen atoms in total. The van der Waals surface area contributed by atoms with Crippen molar-refractivity contribution >= 4 is 16.7 Å². The fourth-order valence-corrected chi connectivity index (χ4v) is 7.33. The number of anilines is 1. The van der Waals surface area contributed by atoms with Crippen LogP contribution in [0.25, 0.3) is 11.0 Å². The van der Waals surface area contributed by atoms with E-state index in [9.17, 15) is 0 Å². The fourth-order valence-electron chi connectivity index (χ4n) is 7.33. The van der Waals surface area contributed by atoms with Crippen LogP contribution in [0.1, 0.15) is 46.0 Å². The largest absolute Gasteiger partial charge is 0.495 e. The highest BCUT2D eigenvalue weighted by Gasteiger charge is 2.41. The molecule has 4 heteroatoms. The maximum atomic E-state index is 5.94. The molecule has 0 bridgehead atoms. The fraction of sp³-hybridized carbons (Fsp3) is 0.306. The van der Waals surface area contributed by atoms with Gasteiger partial charge in [-0.2, -0.15) is 0 Å². The minimum atomic E-state index is 0.467. The van der Waals surface area contributed by atoms with E-state index in [1.165, 1.54) is 50.4 Å². The van der Waals surface area contributed by atoms with Gasteiger partial charge < -0.3 is 9.64 Å². The summed E-state index contributed by atoms with van der Waals surface area (Å²) >= 11 is 0. The van der Waals surface area contributed by atoms with Crippen LogP contribution in [0.4, 0.5) is 5.69 Å². The minimum absolute atomic E-state index is 0.467. The third kappa shape index (κ3) is 4.18. The molecular weight excluding hydrogens is 490 g/mol. The number of ether oxygens (including phenoxy) is 1. The van der Waals surface area contributed by atoms with Crippen molar-refractivity contribution in [3.8, 4) is 5.75 Å². The zero-order valence-corrected chi connectivity index (χ0v) is 23.8. The van der Waals surface area contributed by atoms with Crippen molar-refractivity contribution in [2.24, 2.45) is 5.92 Å². The SMILES string of the molecule is COc1cccc2c1N(CCCn1c(C)[n+](Cc3ccc(C)cc3)c3ccccc31)C[C@@H]1Cc3ccccc3[C@H]21. The second kappa shape index (κ2) is 10.2. The molecule has 0 fully saturated rings. The first-order valence-electron chi connectivity index (χ1n) is 14.6. The van der Waals surface area contributed by atoms with Crippen LogP contribution in [0.15, 0.2) is 91.0 Å². The number of fused-ring (bicyclic) bond motifs is 6. The summed E-state index contributed by atoms with van der Waals surface area (Å²) in [5.74, 6) is 3.39. The molecule has 0 saturated heterocycles. The number of aryl methyl sites for hydroxylation is 2. The first kappa shape index (κ1) is 25.0. The number of methoxy groups -OCH3 is 1. The van der Waals surface area contributed by atoms with Crippen LogP contribution in [0.3, 0.4) is 0 Å².